The third kappa shape index (κ3) is 4.83. The van der Waals surface area contributed by atoms with Crippen molar-refractivity contribution in [3.8, 4) is 0 Å². The SMILES string of the molecule is CNc1ccc(C(=O)NCCS(=O)(=O)O)cc1. The van der Waals surface area contributed by atoms with Crippen molar-refractivity contribution in [2.75, 3.05) is 24.7 Å². The zero-order chi connectivity index (χ0) is 12.9. The van der Waals surface area contributed by atoms with Gasteiger partial charge in [0.05, 0.1) is 5.75 Å². The summed E-state index contributed by atoms with van der Waals surface area (Å²) >= 11 is 0. The van der Waals surface area contributed by atoms with Crippen LogP contribution in [0.15, 0.2) is 24.3 Å². The van der Waals surface area contributed by atoms with Crippen LogP contribution in [-0.2, 0) is 10.1 Å². The van der Waals surface area contributed by atoms with Crippen LogP contribution in [0.4, 0.5) is 5.69 Å². The Kier molecular flexibility index (Phi) is 4.47. The lowest BCUT2D eigenvalue weighted by atomic mass is 10.2. The van der Waals surface area contributed by atoms with E-state index in [1.54, 1.807) is 31.3 Å². The van der Waals surface area contributed by atoms with Gasteiger partial charge < -0.3 is 10.6 Å². The van der Waals surface area contributed by atoms with E-state index in [2.05, 4.69) is 10.6 Å². The molecular formula is C10H14N2O4S. The van der Waals surface area contributed by atoms with E-state index in [4.69, 9.17) is 4.55 Å². The quantitative estimate of drug-likeness (QED) is 0.662. The minimum Gasteiger partial charge on any atom is -0.388 e. The highest BCUT2D eigenvalue weighted by molar-refractivity contribution is 7.85. The summed E-state index contributed by atoms with van der Waals surface area (Å²) in [5.74, 6) is -0.871. The monoisotopic (exact) mass is 258 g/mol. The summed E-state index contributed by atoms with van der Waals surface area (Å²) in [4.78, 5) is 11.5. The summed E-state index contributed by atoms with van der Waals surface area (Å²) in [6, 6.07) is 6.71. The molecule has 17 heavy (non-hydrogen) atoms. The summed E-state index contributed by atoms with van der Waals surface area (Å²) in [5, 5.41) is 5.31. The van der Waals surface area contributed by atoms with Gasteiger partial charge in [-0.05, 0) is 24.3 Å². The number of hydrogen-bond donors (Lipinski definition) is 3. The first-order valence-electron chi connectivity index (χ1n) is 4.93. The van der Waals surface area contributed by atoms with E-state index in [1.807, 2.05) is 0 Å². The van der Waals surface area contributed by atoms with Gasteiger partial charge in [-0.3, -0.25) is 9.35 Å². The lowest BCUT2D eigenvalue weighted by Crippen LogP contribution is -2.28. The predicted octanol–water partition coefficient (Wildman–Crippen LogP) is 0.346. The second-order valence-corrected chi connectivity index (χ2v) is 4.94. The lowest BCUT2D eigenvalue weighted by molar-refractivity contribution is 0.0956. The first-order chi connectivity index (χ1) is 7.92. The number of amides is 1. The maximum absolute atomic E-state index is 11.5. The van der Waals surface area contributed by atoms with Crippen LogP contribution in [0, 0.1) is 0 Å². The minimum atomic E-state index is -4.04. The molecule has 94 valence electrons. The second kappa shape index (κ2) is 5.65. The average Bonchev–Trinajstić information content (AvgIpc) is 2.27. The first kappa shape index (κ1) is 13.5. The molecule has 1 amide bonds. The molecule has 0 aliphatic carbocycles. The Morgan fingerprint density at radius 2 is 1.88 bits per heavy atom. The number of benzene rings is 1. The number of rotatable bonds is 5. The van der Waals surface area contributed by atoms with Crippen LogP contribution in [0.3, 0.4) is 0 Å². The van der Waals surface area contributed by atoms with E-state index in [-0.39, 0.29) is 12.5 Å². The van der Waals surface area contributed by atoms with Crippen molar-refractivity contribution in [3.63, 3.8) is 0 Å². The summed E-state index contributed by atoms with van der Waals surface area (Å²) in [5.41, 5.74) is 1.30. The standard InChI is InChI=1S/C10H14N2O4S/c1-11-9-4-2-8(3-5-9)10(13)12-6-7-17(14,15)16/h2-5,11H,6-7H2,1H3,(H,12,13)(H,14,15,16). The second-order valence-electron chi connectivity index (χ2n) is 3.37. The van der Waals surface area contributed by atoms with E-state index < -0.39 is 15.9 Å². The van der Waals surface area contributed by atoms with Crippen molar-refractivity contribution in [2.45, 2.75) is 0 Å². The van der Waals surface area contributed by atoms with Crippen molar-refractivity contribution in [1.82, 2.24) is 5.32 Å². The lowest BCUT2D eigenvalue weighted by Gasteiger charge is -2.05. The molecule has 0 spiro atoms. The molecule has 0 saturated carbocycles. The van der Waals surface area contributed by atoms with Crippen LogP contribution in [0.5, 0.6) is 0 Å². The maximum atomic E-state index is 11.5. The van der Waals surface area contributed by atoms with Gasteiger partial charge in [-0.2, -0.15) is 8.42 Å². The number of carbonyl (C=O) groups excluding carboxylic acids is 1. The molecule has 0 heterocycles. The summed E-state index contributed by atoms with van der Waals surface area (Å²) in [6.07, 6.45) is 0. The van der Waals surface area contributed by atoms with Crippen LogP contribution < -0.4 is 10.6 Å². The van der Waals surface area contributed by atoms with E-state index in [0.29, 0.717) is 5.56 Å². The fraction of sp³-hybridized carbons (Fsp3) is 0.300. The maximum Gasteiger partial charge on any atom is 0.266 e. The van der Waals surface area contributed by atoms with E-state index in [1.165, 1.54) is 0 Å². The van der Waals surface area contributed by atoms with Crippen LogP contribution in [0.1, 0.15) is 10.4 Å². The van der Waals surface area contributed by atoms with Crippen molar-refractivity contribution in [2.24, 2.45) is 0 Å². The molecule has 0 aromatic heterocycles. The Bertz CT molecular complexity index is 482. The molecule has 3 N–H and O–H groups in total. The largest absolute Gasteiger partial charge is 0.388 e. The molecular weight excluding hydrogens is 244 g/mol. The number of carbonyl (C=O) groups is 1. The Labute approximate surface area is 99.8 Å². The highest BCUT2D eigenvalue weighted by Gasteiger charge is 2.08. The molecule has 0 aliphatic heterocycles. The predicted molar refractivity (Wildman–Crippen MR) is 64.7 cm³/mol. The summed E-state index contributed by atoms with van der Waals surface area (Å²) in [6.45, 7) is -0.120. The molecule has 6 nitrogen and oxygen atoms in total. The molecule has 1 aromatic rings. The van der Waals surface area contributed by atoms with Gasteiger partial charge in [0.2, 0.25) is 0 Å². The third-order valence-electron chi connectivity index (χ3n) is 2.08. The molecule has 0 atom stereocenters. The Morgan fingerprint density at radius 3 is 2.35 bits per heavy atom. The van der Waals surface area contributed by atoms with Gasteiger partial charge in [-0.1, -0.05) is 0 Å². The molecule has 0 aliphatic rings. The van der Waals surface area contributed by atoms with Gasteiger partial charge in [0.1, 0.15) is 0 Å². The van der Waals surface area contributed by atoms with E-state index >= 15 is 0 Å². The molecule has 1 aromatic carbocycles. The zero-order valence-corrected chi connectivity index (χ0v) is 10.1. The average molecular weight is 258 g/mol. The molecule has 7 heteroatoms. The number of nitrogens with one attached hydrogen (secondary N) is 2. The van der Waals surface area contributed by atoms with E-state index in [9.17, 15) is 13.2 Å². The molecule has 0 unspecified atom stereocenters. The fourth-order valence-electron chi connectivity index (χ4n) is 1.18. The van der Waals surface area contributed by atoms with Gasteiger partial charge in [-0.15, -0.1) is 0 Å². The van der Waals surface area contributed by atoms with E-state index in [0.717, 1.165) is 5.69 Å². The molecule has 1 rings (SSSR count). The first-order valence-corrected chi connectivity index (χ1v) is 6.54. The zero-order valence-electron chi connectivity index (χ0n) is 9.30. The Morgan fingerprint density at radius 1 is 1.29 bits per heavy atom. The number of anilines is 1. The highest BCUT2D eigenvalue weighted by atomic mass is 32.2. The van der Waals surface area contributed by atoms with Crippen LogP contribution in [0.2, 0.25) is 0 Å². The Hall–Kier alpha value is -1.60. The van der Waals surface area contributed by atoms with Crippen LogP contribution in [-0.4, -0.2) is 38.2 Å². The van der Waals surface area contributed by atoms with Gasteiger partial charge >= 0.3 is 0 Å². The summed E-state index contributed by atoms with van der Waals surface area (Å²) in [7, 11) is -2.27. The van der Waals surface area contributed by atoms with Gasteiger partial charge in [-0.25, -0.2) is 0 Å². The topological polar surface area (TPSA) is 95.5 Å². The van der Waals surface area contributed by atoms with Crippen molar-refractivity contribution < 1.29 is 17.8 Å². The molecule has 0 radical (unpaired) electrons. The molecule has 0 bridgehead atoms. The molecule has 0 saturated heterocycles. The van der Waals surface area contributed by atoms with Crippen molar-refractivity contribution in [1.29, 1.82) is 0 Å². The molecule has 0 fully saturated rings. The van der Waals surface area contributed by atoms with Crippen molar-refractivity contribution >= 4 is 21.7 Å². The minimum absolute atomic E-state index is 0.120. The van der Waals surface area contributed by atoms with Crippen LogP contribution >= 0.6 is 0 Å². The van der Waals surface area contributed by atoms with Gasteiger partial charge in [0, 0.05) is 24.8 Å². The number of hydrogen-bond acceptors (Lipinski definition) is 4. The highest BCUT2D eigenvalue weighted by Crippen LogP contribution is 2.08. The fourth-order valence-corrected chi connectivity index (χ4v) is 1.54. The normalized spacial score (nSPS) is 10.9. The van der Waals surface area contributed by atoms with Gasteiger partial charge in [0.15, 0.2) is 0 Å². The Balaban J connectivity index is 2.52. The van der Waals surface area contributed by atoms with Crippen LogP contribution in [0.25, 0.3) is 0 Å². The van der Waals surface area contributed by atoms with Crippen molar-refractivity contribution in [3.05, 3.63) is 29.8 Å². The summed E-state index contributed by atoms with van der Waals surface area (Å²) < 4.78 is 29.3. The van der Waals surface area contributed by atoms with Gasteiger partial charge in [0.25, 0.3) is 16.0 Å². The third-order valence-corrected chi connectivity index (χ3v) is 2.80. The smallest absolute Gasteiger partial charge is 0.266 e.